The fraction of sp³-hybridized carbons (Fsp3) is 0.200. The van der Waals surface area contributed by atoms with Gasteiger partial charge in [-0.25, -0.2) is 0 Å². The molecule has 2 rings (SSSR count). The molecule has 2 aromatic rings. The Bertz CT molecular complexity index is 433. The topological polar surface area (TPSA) is 36.0 Å². The summed E-state index contributed by atoms with van der Waals surface area (Å²) in [6.45, 7) is 1.74. The molecular formula is C10H10ClNO. The van der Waals surface area contributed by atoms with Crippen molar-refractivity contribution in [2.75, 3.05) is 0 Å². The van der Waals surface area contributed by atoms with Crippen LogP contribution in [0.3, 0.4) is 0 Å². The molecule has 0 radical (unpaired) electrons. The number of halogens is 1. The number of H-pyrrole nitrogens is 1. The number of fused-ring (bicyclic) bond motifs is 1. The minimum Gasteiger partial charge on any atom is -0.389 e. The number of aliphatic hydroxyl groups is 1. The number of aliphatic hydroxyl groups excluding tert-OH is 1. The first-order chi connectivity index (χ1) is 6.20. The second-order valence-corrected chi connectivity index (χ2v) is 3.49. The van der Waals surface area contributed by atoms with E-state index in [1.54, 1.807) is 13.1 Å². The summed E-state index contributed by atoms with van der Waals surface area (Å²) in [4.78, 5) is 3.05. The molecule has 1 atom stereocenters. The van der Waals surface area contributed by atoms with Gasteiger partial charge in [0.15, 0.2) is 0 Å². The standard InChI is InChI=1S/C10H10ClNO/c1-6(13)7-3-2-4-8-9(11)5-12-10(7)8/h2-6,12-13H,1H3. The van der Waals surface area contributed by atoms with Crippen molar-refractivity contribution in [3.8, 4) is 0 Å². The van der Waals surface area contributed by atoms with E-state index >= 15 is 0 Å². The summed E-state index contributed by atoms with van der Waals surface area (Å²) in [7, 11) is 0. The van der Waals surface area contributed by atoms with Crippen LogP contribution in [0.1, 0.15) is 18.6 Å². The Kier molecular flexibility index (Phi) is 2.02. The summed E-state index contributed by atoms with van der Waals surface area (Å²) in [5.41, 5.74) is 1.80. The van der Waals surface area contributed by atoms with Crippen molar-refractivity contribution in [3.05, 3.63) is 35.0 Å². The third kappa shape index (κ3) is 1.32. The van der Waals surface area contributed by atoms with Gasteiger partial charge in [0, 0.05) is 17.1 Å². The molecule has 13 heavy (non-hydrogen) atoms. The molecule has 0 amide bonds. The smallest absolute Gasteiger partial charge is 0.0782 e. The molecule has 0 spiro atoms. The van der Waals surface area contributed by atoms with E-state index in [1.807, 2.05) is 18.2 Å². The van der Waals surface area contributed by atoms with Gasteiger partial charge in [-0.3, -0.25) is 0 Å². The highest BCUT2D eigenvalue weighted by Crippen LogP contribution is 2.28. The number of hydrogen-bond donors (Lipinski definition) is 2. The number of nitrogens with one attached hydrogen (secondary N) is 1. The fourth-order valence-corrected chi connectivity index (χ4v) is 1.70. The molecule has 2 nitrogen and oxygen atoms in total. The molecule has 0 aliphatic carbocycles. The first kappa shape index (κ1) is 8.60. The molecule has 0 aliphatic heterocycles. The van der Waals surface area contributed by atoms with Gasteiger partial charge in [0.25, 0.3) is 0 Å². The van der Waals surface area contributed by atoms with Crippen LogP contribution in [0.5, 0.6) is 0 Å². The molecule has 1 unspecified atom stereocenters. The molecular weight excluding hydrogens is 186 g/mol. The molecule has 0 aliphatic rings. The minimum absolute atomic E-state index is 0.474. The van der Waals surface area contributed by atoms with Crippen LogP contribution in [0.25, 0.3) is 10.9 Å². The van der Waals surface area contributed by atoms with E-state index in [-0.39, 0.29) is 0 Å². The highest BCUT2D eigenvalue weighted by Gasteiger charge is 2.08. The monoisotopic (exact) mass is 195 g/mol. The molecule has 0 fully saturated rings. The average molecular weight is 196 g/mol. The van der Waals surface area contributed by atoms with Crippen molar-refractivity contribution < 1.29 is 5.11 Å². The maximum atomic E-state index is 9.47. The van der Waals surface area contributed by atoms with Gasteiger partial charge in [0.05, 0.1) is 16.6 Å². The van der Waals surface area contributed by atoms with Crippen LogP contribution >= 0.6 is 11.6 Å². The zero-order valence-corrected chi connectivity index (χ0v) is 7.97. The second-order valence-electron chi connectivity index (χ2n) is 3.08. The minimum atomic E-state index is -0.474. The Morgan fingerprint density at radius 2 is 2.23 bits per heavy atom. The predicted molar refractivity (Wildman–Crippen MR) is 53.9 cm³/mol. The van der Waals surface area contributed by atoms with Gasteiger partial charge in [-0.1, -0.05) is 29.8 Å². The number of aromatic amines is 1. The average Bonchev–Trinajstić information content (AvgIpc) is 2.48. The Morgan fingerprint density at radius 1 is 1.46 bits per heavy atom. The van der Waals surface area contributed by atoms with Crippen LogP contribution in [-0.4, -0.2) is 10.1 Å². The third-order valence-electron chi connectivity index (χ3n) is 2.15. The maximum absolute atomic E-state index is 9.47. The largest absolute Gasteiger partial charge is 0.389 e. The lowest BCUT2D eigenvalue weighted by molar-refractivity contribution is 0.200. The Hall–Kier alpha value is -0.990. The fourth-order valence-electron chi connectivity index (χ4n) is 1.49. The number of hydrogen-bond acceptors (Lipinski definition) is 1. The Labute approximate surface area is 81.1 Å². The van der Waals surface area contributed by atoms with E-state index in [0.717, 1.165) is 16.5 Å². The molecule has 2 N–H and O–H groups in total. The van der Waals surface area contributed by atoms with E-state index in [4.69, 9.17) is 11.6 Å². The lowest BCUT2D eigenvalue weighted by Gasteiger charge is -2.05. The Balaban J connectivity index is 2.77. The van der Waals surface area contributed by atoms with Gasteiger partial charge < -0.3 is 10.1 Å². The molecule has 1 heterocycles. The summed E-state index contributed by atoms with van der Waals surface area (Å²) in [5.74, 6) is 0. The molecule has 0 saturated heterocycles. The second kappa shape index (κ2) is 3.05. The summed E-state index contributed by atoms with van der Waals surface area (Å²) in [5, 5.41) is 11.1. The van der Waals surface area contributed by atoms with Crippen LogP contribution in [0.2, 0.25) is 5.02 Å². The van der Waals surface area contributed by atoms with Gasteiger partial charge in [0.1, 0.15) is 0 Å². The SMILES string of the molecule is CC(O)c1cccc2c(Cl)c[nH]c12. The first-order valence-corrected chi connectivity index (χ1v) is 4.51. The van der Waals surface area contributed by atoms with Crippen LogP contribution in [0.15, 0.2) is 24.4 Å². The van der Waals surface area contributed by atoms with Crippen molar-refractivity contribution in [1.82, 2.24) is 4.98 Å². The summed E-state index contributed by atoms with van der Waals surface area (Å²) in [6, 6.07) is 5.71. The van der Waals surface area contributed by atoms with E-state index < -0.39 is 6.10 Å². The van der Waals surface area contributed by atoms with Gasteiger partial charge in [-0.2, -0.15) is 0 Å². The van der Waals surface area contributed by atoms with Gasteiger partial charge in [-0.05, 0) is 6.92 Å². The van der Waals surface area contributed by atoms with Crippen LogP contribution < -0.4 is 0 Å². The lowest BCUT2D eigenvalue weighted by atomic mass is 10.1. The molecule has 0 saturated carbocycles. The van der Waals surface area contributed by atoms with Crippen molar-refractivity contribution in [3.63, 3.8) is 0 Å². The van der Waals surface area contributed by atoms with E-state index in [0.29, 0.717) is 5.02 Å². The highest BCUT2D eigenvalue weighted by atomic mass is 35.5. The summed E-state index contributed by atoms with van der Waals surface area (Å²) >= 11 is 5.94. The summed E-state index contributed by atoms with van der Waals surface area (Å²) < 4.78 is 0. The van der Waals surface area contributed by atoms with Crippen LogP contribution in [-0.2, 0) is 0 Å². The first-order valence-electron chi connectivity index (χ1n) is 4.13. The van der Waals surface area contributed by atoms with E-state index in [2.05, 4.69) is 4.98 Å². The predicted octanol–water partition coefficient (Wildman–Crippen LogP) is 2.87. The highest BCUT2D eigenvalue weighted by molar-refractivity contribution is 6.35. The summed E-state index contributed by atoms with van der Waals surface area (Å²) in [6.07, 6.45) is 1.26. The number of rotatable bonds is 1. The van der Waals surface area contributed by atoms with Gasteiger partial charge in [-0.15, -0.1) is 0 Å². The molecule has 1 aromatic heterocycles. The van der Waals surface area contributed by atoms with Gasteiger partial charge in [0.2, 0.25) is 0 Å². The van der Waals surface area contributed by atoms with Crippen molar-refractivity contribution in [2.45, 2.75) is 13.0 Å². The van der Waals surface area contributed by atoms with Gasteiger partial charge >= 0.3 is 0 Å². The Morgan fingerprint density at radius 3 is 2.92 bits per heavy atom. The quantitative estimate of drug-likeness (QED) is 0.721. The van der Waals surface area contributed by atoms with Crippen LogP contribution in [0, 0.1) is 0 Å². The van der Waals surface area contributed by atoms with Crippen molar-refractivity contribution in [1.29, 1.82) is 0 Å². The third-order valence-corrected chi connectivity index (χ3v) is 2.46. The van der Waals surface area contributed by atoms with E-state index in [9.17, 15) is 5.11 Å². The molecule has 3 heteroatoms. The molecule has 68 valence electrons. The zero-order chi connectivity index (χ0) is 9.42. The number of aromatic nitrogens is 1. The molecule has 0 bridgehead atoms. The number of benzene rings is 1. The zero-order valence-electron chi connectivity index (χ0n) is 7.21. The lowest BCUT2D eigenvalue weighted by Crippen LogP contribution is -1.91. The van der Waals surface area contributed by atoms with Crippen molar-refractivity contribution >= 4 is 22.5 Å². The normalized spacial score (nSPS) is 13.5. The number of para-hydroxylation sites is 1. The van der Waals surface area contributed by atoms with E-state index in [1.165, 1.54) is 0 Å². The maximum Gasteiger partial charge on any atom is 0.0782 e. The van der Waals surface area contributed by atoms with Crippen molar-refractivity contribution in [2.24, 2.45) is 0 Å². The van der Waals surface area contributed by atoms with Crippen LogP contribution in [0.4, 0.5) is 0 Å². The molecule has 1 aromatic carbocycles.